The molecule has 0 radical (unpaired) electrons. The fraction of sp³-hybridized carbons (Fsp3) is 1.00. The van der Waals surface area contributed by atoms with E-state index in [0.717, 1.165) is 38.4 Å². The molecule has 3 aliphatic rings. The molecule has 2 saturated heterocycles. The molecule has 2 heterocycles. The lowest BCUT2D eigenvalue weighted by Crippen LogP contribution is -2.51. The number of ether oxygens (including phenoxy) is 1. The van der Waals surface area contributed by atoms with E-state index in [1.54, 1.807) is 0 Å². The highest BCUT2D eigenvalue weighted by atomic mass is 16.5. The maximum atomic E-state index is 5.48. The molecular formula is C16H31N3O. The van der Waals surface area contributed by atoms with E-state index >= 15 is 0 Å². The number of hydrogen-bond acceptors (Lipinski definition) is 4. The molecule has 0 aromatic heterocycles. The van der Waals surface area contributed by atoms with Crippen molar-refractivity contribution in [3.8, 4) is 0 Å². The molecule has 0 aromatic carbocycles. The third-order valence-corrected chi connectivity index (χ3v) is 5.85. The summed E-state index contributed by atoms with van der Waals surface area (Å²) in [5.74, 6) is 0. The second-order valence-electron chi connectivity index (χ2n) is 7.45. The van der Waals surface area contributed by atoms with Crippen LogP contribution in [0.25, 0.3) is 0 Å². The second-order valence-corrected chi connectivity index (χ2v) is 7.45. The lowest BCUT2D eigenvalue weighted by molar-refractivity contribution is 0.0171. The third-order valence-electron chi connectivity index (χ3n) is 5.85. The molecule has 3 rings (SSSR count). The van der Waals surface area contributed by atoms with Crippen LogP contribution in [0.5, 0.6) is 0 Å². The molecule has 1 saturated carbocycles. The van der Waals surface area contributed by atoms with E-state index in [1.807, 2.05) is 0 Å². The summed E-state index contributed by atoms with van der Waals surface area (Å²) in [5, 5.41) is 3.60. The van der Waals surface area contributed by atoms with Crippen molar-refractivity contribution in [3.63, 3.8) is 0 Å². The quantitative estimate of drug-likeness (QED) is 0.840. The first-order valence-corrected chi connectivity index (χ1v) is 8.35. The number of morpholine rings is 1. The van der Waals surface area contributed by atoms with E-state index in [-0.39, 0.29) is 0 Å². The zero-order valence-electron chi connectivity index (χ0n) is 13.4. The van der Waals surface area contributed by atoms with E-state index < -0.39 is 0 Å². The molecule has 0 amide bonds. The van der Waals surface area contributed by atoms with Crippen molar-refractivity contribution >= 4 is 0 Å². The number of nitrogens with one attached hydrogen (secondary N) is 1. The Balaban J connectivity index is 1.59. The molecule has 0 bridgehead atoms. The zero-order valence-corrected chi connectivity index (χ0v) is 13.4. The van der Waals surface area contributed by atoms with Crippen molar-refractivity contribution < 1.29 is 4.74 Å². The summed E-state index contributed by atoms with van der Waals surface area (Å²) in [6.45, 7) is 11.5. The van der Waals surface area contributed by atoms with Crippen molar-refractivity contribution in [3.05, 3.63) is 0 Å². The van der Waals surface area contributed by atoms with E-state index in [1.165, 1.54) is 32.4 Å². The predicted octanol–water partition coefficient (Wildman–Crippen LogP) is 1.17. The molecule has 20 heavy (non-hydrogen) atoms. The van der Waals surface area contributed by atoms with Crippen molar-refractivity contribution in [1.82, 2.24) is 15.1 Å². The zero-order chi connectivity index (χ0) is 14.2. The van der Waals surface area contributed by atoms with E-state index in [2.05, 4.69) is 36.0 Å². The number of likely N-dealkylation sites (N-methyl/N-ethyl adjacent to an activating group) is 1. The predicted molar refractivity (Wildman–Crippen MR) is 82.0 cm³/mol. The molecule has 4 nitrogen and oxygen atoms in total. The summed E-state index contributed by atoms with van der Waals surface area (Å²) in [5.41, 5.74) is 0.441. The minimum Gasteiger partial charge on any atom is -0.379 e. The Morgan fingerprint density at radius 2 is 1.80 bits per heavy atom. The van der Waals surface area contributed by atoms with Crippen LogP contribution in [-0.2, 0) is 4.74 Å². The molecule has 3 atom stereocenters. The Kier molecular flexibility index (Phi) is 4.37. The summed E-state index contributed by atoms with van der Waals surface area (Å²) in [7, 11) is 2.14. The van der Waals surface area contributed by atoms with Gasteiger partial charge in [0.2, 0.25) is 0 Å². The van der Waals surface area contributed by atoms with Gasteiger partial charge in [0, 0.05) is 44.3 Å². The van der Waals surface area contributed by atoms with Crippen molar-refractivity contribution in [2.24, 2.45) is 5.41 Å². The summed E-state index contributed by atoms with van der Waals surface area (Å²) < 4.78 is 5.48. The van der Waals surface area contributed by atoms with Crippen LogP contribution in [0, 0.1) is 5.41 Å². The largest absolute Gasteiger partial charge is 0.379 e. The normalized spacial score (nSPS) is 39.5. The van der Waals surface area contributed by atoms with Crippen molar-refractivity contribution in [2.75, 3.05) is 46.4 Å². The number of nitrogens with zero attached hydrogens (tertiary/aromatic N) is 2. The van der Waals surface area contributed by atoms with Crippen LogP contribution < -0.4 is 5.32 Å². The maximum absolute atomic E-state index is 5.48. The Hall–Kier alpha value is -0.160. The van der Waals surface area contributed by atoms with Crippen LogP contribution >= 0.6 is 0 Å². The van der Waals surface area contributed by atoms with Crippen LogP contribution in [0.15, 0.2) is 0 Å². The average Bonchev–Trinajstić information content (AvgIpc) is 3.03. The molecule has 116 valence electrons. The number of likely N-dealkylation sites (tertiary alicyclic amines) is 1. The molecule has 1 aliphatic carbocycles. The molecule has 4 heteroatoms. The summed E-state index contributed by atoms with van der Waals surface area (Å²) >= 11 is 0. The lowest BCUT2D eigenvalue weighted by Gasteiger charge is -2.36. The van der Waals surface area contributed by atoms with Gasteiger partial charge in [-0.15, -0.1) is 0 Å². The topological polar surface area (TPSA) is 27.7 Å². The first-order valence-electron chi connectivity index (χ1n) is 8.35. The third kappa shape index (κ3) is 2.76. The van der Waals surface area contributed by atoms with Gasteiger partial charge in [0.05, 0.1) is 13.2 Å². The smallest absolute Gasteiger partial charge is 0.0594 e. The SMILES string of the molecule is CNC1C(N2CCC(N3CCOCC3)C2)CCC1(C)C. The fourth-order valence-corrected chi connectivity index (χ4v) is 4.65. The van der Waals surface area contributed by atoms with Gasteiger partial charge < -0.3 is 10.1 Å². The van der Waals surface area contributed by atoms with Crippen molar-refractivity contribution in [1.29, 1.82) is 0 Å². The first-order chi connectivity index (χ1) is 9.62. The lowest BCUT2D eigenvalue weighted by atomic mass is 9.86. The number of rotatable bonds is 3. The number of hydrogen-bond donors (Lipinski definition) is 1. The van der Waals surface area contributed by atoms with Gasteiger partial charge in [-0.3, -0.25) is 9.80 Å². The van der Waals surface area contributed by atoms with Crippen LogP contribution in [0.3, 0.4) is 0 Å². The van der Waals surface area contributed by atoms with Gasteiger partial charge in [-0.1, -0.05) is 13.8 Å². The Labute approximate surface area is 123 Å². The highest BCUT2D eigenvalue weighted by molar-refractivity contribution is 5.02. The van der Waals surface area contributed by atoms with Crippen LogP contribution in [0.4, 0.5) is 0 Å². The van der Waals surface area contributed by atoms with Gasteiger partial charge in [-0.2, -0.15) is 0 Å². The van der Waals surface area contributed by atoms with E-state index in [0.29, 0.717) is 11.5 Å². The molecule has 0 aromatic rings. The van der Waals surface area contributed by atoms with Gasteiger partial charge in [0.25, 0.3) is 0 Å². The van der Waals surface area contributed by atoms with Gasteiger partial charge in [-0.05, 0) is 31.7 Å². The standard InChI is InChI=1S/C16H31N3O/c1-16(2)6-4-14(15(16)17-3)19-7-5-13(12-19)18-8-10-20-11-9-18/h13-15,17H,4-12H2,1-3H3. The highest BCUT2D eigenvalue weighted by Gasteiger charge is 2.45. The summed E-state index contributed by atoms with van der Waals surface area (Å²) in [6.07, 6.45) is 4.05. The van der Waals surface area contributed by atoms with E-state index in [9.17, 15) is 0 Å². The van der Waals surface area contributed by atoms with Gasteiger partial charge in [0.15, 0.2) is 0 Å². The molecule has 1 N–H and O–H groups in total. The van der Waals surface area contributed by atoms with Gasteiger partial charge >= 0.3 is 0 Å². The molecule has 0 spiro atoms. The highest BCUT2D eigenvalue weighted by Crippen LogP contribution is 2.40. The van der Waals surface area contributed by atoms with Crippen molar-refractivity contribution in [2.45, 2.75) is 51.2 Å². The molecule has 2 aliphatic heterocycles. The van der Waals surface area contributed by atoms with Gasteiger partial charge in [-0.25, -0.2) is 0 Å². The van der Waals surface area contributed by atoms with Crippen LogP contribution in [0.2, 0.25) is 0 Å². The molecule has 3 unspecified atom stereocenters. The average molecular weight is 281 g/mol. The van der Waals surface area contributed by atoms with Crippen LogP contribution in [0.1, 0.15) is 33.1 Å². The monoisotopic (exact) mass is 281 g/mol. The molecule has 3 fully saturated rings. The molecular weight excluding hydrogens is 250 g/mol. The fourth-order valence-electron chi connectivity index (χ4n) is 4.65. The first kappa shape index (κ1) is 14.8. The Bertz CT molecular complexity index is 328. The summed E-state index contributed by atoms with van der Waals surface area (Å²) in [4.78, 5) is 5.41. The van der Waals surface area contributed by atoms with Gasteiger partial charge in [0.1, 0.15) is 0 Å². The second kappa shape index (κ2) is 5.91. The van der Waals surface area contributed by atoms with Crippen LogP contribution in [-0.4, -0.2) is 74.4 Å². The Morgan fingerprint density at radius 3 is 2.50 bits per heavy atom. The van der Waals surface area contributed by atoms with E-state index in [4.69, 9.17) is 4.74 Å². The summed E-state index contributed by atoms with van der Waals surface area (Å²) in [6, 6.07) is 2.15. The maximum Gasteiger partial charge on any atom is 0.0594 e. The Morgan fingerprint density at radius 1 is 1.05 bits per heavy atom. The minimum atomic E-state index is 0.441. The minimum absolute atomic E-state index is 0.441.